The summed E-state index contributed by atoms with van der Waals surface area (Å²) in [6, 6.07) is 5.37. The molecule has 1 saturated heterocycles. The number of nitrogens with zero attached hydrogens (tertiary/aromatic N) is 2. The number of amides is 2. The van der Waals surface area contributed by atoms with Crippen molar-refractivity contribution in [1.82, 2.24) is 20.5 Å². The van der Waals surface area contributed by atoms with Gasteiger partial charge in [-0.3, -0.25) is 9.89 Å². The highest BCUT2D eigenvalue weighted by molar-refractivity contribution is 5.91. The normalized spacial score (nSPS) is 25.3. The molecular formula is C22H29N5O5. The summed E-state index contributed by atoms with van der Waals surface area (Å²) in [5, 5.41) is 21.7. The molecule has 4 atom stereocenters. The highest BCUT2D eigenvalue weighted by atomic mass is 16.5. The van der Waals surface area contributed by atoms with Crippen molar-refractivity contribution in [2.24, 2.45) is 5.92 Å². The van der Waals surface area contributed by atoms with E-state index >= 15 is 0 Å². The number of hydrogen-bond donors (Lipinski definition) is 4. The van der Waals surface area contributed by atoms with E-state index in [-0.39, 0.29) is 24.5 Å². The van der Waals surface area contributed by atoms with Gasteiger partial charge in [0.05, 0.1) is 19.6 Å². The summed E-state index contributed by atoms with van der Waals surface area (Å²) in [7, 11) is 1.54. The highest BCUT2D eigenvalue weighted by Crippen LogP contribution is 2.42. The maximum Gasteiger partial charge on any atom is 0.404 e. The van der Waals surface area contributed by atoms with Crippen molar-refractivity contribution in [3.8, 4) is 5.88 Å². The lowest BCUT2D eigenvalue weighted by Crippen LogP contribution is -2.43. The molecule has 0 spiro atoms. The molecule has 1 aliphatic heterocycles. The minimum atomic E-state index is -0.977. The zero-order valence-electron chi connectivity index (χ0n) is 18.0. The van der Waals surface area contributed by atoms with Gasteiger partial charge in [0.2, 0.25) is 11.8 Å². The monoisotopic (exact) mass is 443 g/mol. The second-order valence-electron chi connectivity index (χ2n) is 8.49. The van der Waals surface area contributed by atoms with Crippen LogP contribution >= 0.6 is 0 Å². The molecule has 172 valence electrons. The number of rotatable bonds is 7. The maximum absolute atomic E-state index is 12.4. The van der Waals surface area contributed by atoms with Crippen molar-refractivity contribution in [2.45, 2.75) is 56.6 Å². The molecule has 0 aromatic carbocycles. The molecule has 10 heteroatoms. The minimum Gasteiger partial charge on any atom is -0.481 e. The van der Waals surface area contributed by atoms with Crippen LogP contribution in [0.4, 0.5) is 10.6 Å². The van der Waals surface area contributed by atoms with E-state index in [1.807, 2.05) is 6.07 Å². The van der Waals surface area contributed by atoms with Crippen LogP contribution in [-0.2, 0) is 16.0 Å². The zero-order valence-corrected chi connectivity index (χ0v) is 18.0. The van der Waals surface area contributed by atoms with E-state index in [0.29, 0.717) is 36.6 Å². The molecule has 2 aromatic rings. The lowest BCUT2D eigenvalue weighted by Gasteiger charge is -2.33. The van der Waals surface area contributed by atoms with Crippen LogP contribution in [-0.4, -0.2) is 58.2 Å². The molecule has 10 nitrogen and oxygen atoms in total. The number of carbonyl (C=O) groups excluding carboxylic acids is 1. The number of aromatic amines is 1. The van der Waals surface area contributed by atoms with Crippen LogP contribution < -0.4 is 15.4 Å². The predicted molar refractivity (Wildman–Crippen MR) is 116 cm³/mol. The number of hydrogen-bond acceptors (Lipinski definition) is 6. The quantitative estimate of drug-likeness (QED) is 0.516. The molecule has 1 aliphatic carbocycles. The molecule has 2 fully saturated rings. The lowest BCUT2D eigenvalue weighted by atomic mass is 9.90. The van der Waals surface area contributed by atoms with Crippen molar-refractivity contribution in [3.05, 3.63) is 35.7 Å². The average molecular weight is 444 g/mol. The summed E-state index contributed by atoms with van der Waals surface area (Å²) in [4.78, 5) is 27.4. The molecule has 2 amide bonds. The Hall–Kier alpha value is -3.14. The van der Waals surface area contributed by atoms with E-state index in [0.717, 1.165) is 36.9 Å². The number of pyridine rings is 1. The topological polar surface area (TPSA) is 138 Å². The highest BCUT2D eigenvalue weighted by Gasteiger charge is 2.36. The fourth-order valence-electron chi connectivity index (χ4n) is 4.75. The molecular weight excluding hydrogens is 414 g/mol. The van der Waals surface area contributed by atoms with Crippen LogP contribution in [0.3, 0.4) is 0 Å². The Labute approximate surface area is 186 Å². The van der Waals surface area contributed by atoms with Crippen molar-refractivity contribution in [3.63, 3.8) is 0 Å². The van der Waals surface area contributed by atoms with Crippen LogP contribution in [0.1, 0.15) is 49.3 Å². The Morgan fingerprint density at radius 2 is 2.16 bits per heavy atom. The van der Waals surface area contributed by atoms with Gasteiger partial charge in [-0.1, -0.05) is 0 Å². The van der Waals surface area contributed by atoms with Crippen LogP contribution in [0.25, 0.3) is 0 Å². The Morgan fingerprint density at radius 1 is 1.28 bits per heavy atom. The SMILES string of the molecule is COc1cc(CC(=O)Nc2cc(C3CCC(C4CC(NC(=O)O)CCO4)C3)[nH]n2)ccn1. The maximum atomic E-state index is 12.4. The second kappa shape index (κ2) is 9.99. The largest absolute Gasteiger partial charge is 0.481 e. The number of carboxylic acid groups (broad SMARTS) is 1. The standard InChI is InChI=1S/C22H29N5O5/c1-31-21-9-13(4-6-23-21)8-20(28)25-19-12-17(26-27-19)14-2-3-15(10-14)18-11-16(5-7-32-18)24-22(29)30/h4,6,9,12,14-16,18,24H,2-3,5,7-8,10-11H2,1H3,(H,29,30)(H2,25,26,27,28). The van der Waals surface area contributed by atoms with Crippen molar-refractivity contribution < 1.29 is 24.2 Å². The Bertz CT molecular complexity index is 948. The third kappa shape index (κ3) is 5.56. The predicted octanol–water partition coefficient (Wildman–Crippen LogP) is 2.69. The fourth-order valence-corrected chi connectivity index (χ4v) is 4.75. The molecule has 2 aliphatic rings. The molecule has 2 aromatic heterocycles. The minimum absolute atomic E-state index is 0.0420. The smallest absolute Gasteiger partial charge is 0.404 e. The Morgan fingerprint density at radius 3 is 2.97 bits per heavy atom. The average Bonchev–Trinajstić information content (AvgIpc) is 3.43. The van der Waals surface area contributed by atoms with E-state index in [2.05, 4.69) is 25.8 Å². The van der Waals surface area contributed by atoms with Gasteiger partial charge in [-0.15, -0.1) is 0 Å². The number of H-pyrrole nitrogens is 1. The van der Waals surface area contributed by atoms with Gasteiger partial charge in [0.15, 0.2) is 5.82 Å². The summed E-state index contributed by atoms with van der Waals surface area (Å²) >= 11 is 0. The van der Waals surface area contributed by atoms with Gasteiger partial charge < -0.3 is 25.2 Å². The molecule has 1 saturated carbocycles. The van der Waals surface area contributed by atoms with Crippen molar-refractivity contribution >= 4 is 17.8 Å². The van der Waals surface area contributed by atoms with Gasteiger partial charge in [0.25, 0.3) is 0 Å². The van der Waals surface area contributed by atoms with Crippen LogP contribution in [0.5, 0.6) is 5.88 Å². The summed E-state index contributed by atoms with van der Waals surface area (Å²) < 4.78 is 11.1. The molecule has 32 heavy (non-hydrogen) atoms. The molecule has 4 rings (SSSR count). The van der Waals surface area contributed by atoms with Crippen LogP contribution in [0.15, 0.2) is 24.4 Å². The van der Waals surface area contributed by atoms with Gasteiger partial charge in [0, 0.05) is 42.6 Å². The number of nitrogens with one attached hydrogen (secondary N) is 3. The summed E-state index contributed by atoms with van der Waals surface area (Å²) in [5.74, 6) is 1.53. The first-order valence-electron chi connectivity index (χ1n) is 10.9. The number of methoxy groups -OCH3 is 1. The van der Waals surface area contributed by atoms with Crippen LogP contribution in [0.2, 0.25) is 0 Å². The number of carbonyl (C=O) groups is 2. The van der Waals surface area contributed by atoms with Crippen molar-refractivity contribution in [1.29, 1.82) is 0 Å². The first-order valence-corrected chi connectivity index (χ1v) is 10.9. The number of ether oxygens (including phenoxy) is 2. The van der Waals surface area contributed by atoms with E-state index in [1.165, 1.54) is 7.11 Å². The molecule has 0 radical (unpaired) electrons. The third-order valence-corrected chi connectivity index (χ3v) is 6.32. The van der Waals surface area contributed by atoms with Gasteiger partial charge in [-0.05, 0) is 49.7 Å². The summed E-state index contributed by atoms with van der Waals surface area (Å²) in [6.45, 7) is 0.584. The first-order chi connectivity index (χ1) is 15.5. The lowest BCUT2D eigenvalue weighted by molar-refractivity contribution is -0.115. The zero-order chi connectivity index (χ0) is 22.5. The number of anilines is 1. The van der Waals surface area contributed by atoms with Gasteiger partial charge in [-0.2, -0.15) is 5.10 Å². The number of aromatic nitrogens is 3. The van der Waals surface area contributed by atoms with E-state index < -0.39 is 6.09 Å². The molecule has 0 bridgehead atoms. The van der Waals surface area contributed by atoms with E-state index in [4.69, 9.17) is 14.6 Å². The van der Waals surface area contributed by atoms with Gasteiger partial charge >= 0.3 is 6.09 Å². The Kier molecular flexibility index (Phi) is 6.89. The Balaban J connectivity index is 1.29. The van der Waals surface area contributed by atoms with Crippen molar-refractivity contribution in [2.75, 3.05) is 19.0 Å². The van der Waals surface area contributed by atoms with Gasteiger partial charge in [0.1, 0.15) is 0 Å². The summed E-state index contributed by atoms with van der Waals surface area (Å²) in [5.41, 5.74) is 1.82. The fraction of sp³-hybridized carbons (Fsp3) is 0.545. The molecule has 3 heterocycles. The third-order valence-electron chi connectivity index (χ3n) is 6.32. The first kappa shape index (κ1) is 22.1. The molecule has 4 N–H and O–H groups in total. The van der Waals surface area contributed by atoms with E-state index in [9.17, 15) is 9.59 Å². The van der Waals surface area contributed by atoms with Crippen LogP contribution in [0, 0.1) is 5.92 Å². The summed E-state index contributed by atoms with van der Waals surface area (Å²) in [6.07, 6.45) is 5.34. The second-order valence-corrected chi connectivity index (χ2v) is 8.49. The van der Waals surface area contributed by atoms with E-state index in [1.54, 1.807) is 18.3 Å². The molecule has 4 unspecified atom stereocenters. The van der Waals surface area contributed by atoms with Gasteiger partial charge in [-0.25, -0.2) is 9.78 Å².